The van der Waals surface area contributed by atoms with Crippen LogP contribution in [0.3, 0.4) is 0 Å². The number of hydrogen-bond donors (Lipinski definition) is 1. The first-order chi connectivity index (χ1) is 7.84. The van der Waals surface area contributed by atoms with Gasteiger partial charge in [-0.1, -0.05) is 24.3 Å². The zero-order valence-electron chi connectivity index (χ0n) is 8.86. The summed E-state index contributed by atoms with van der Waals surface area (Å²) in [7, 11) is 0. The summed E-state index contributed by atoms with van der Waals surface area (Å²) in [4.78, 5) is 11.2. The van der Waals surface area contributed by atoms with Crippen LogP contribution >= 0.6 is 0 Å². The molecular weight excluding hydrogens is 200 g/mol. The lowest BCUT2D eigenvalue weighted by molar-refractivity contribution is 0.826. The lowest BCUT2D eigenvalue weighted by atomic mass is 10.0. The smallest absolute Gasteiger partial charge is 0.264 e. The minimum Gasteiger partial charge on any atom is -0.268 e. The van der Waals surface area contributed by atoms with Gasteiger partial charge < -0.3 is 0 Å². The van der Waals surface area contributed by atoms with Crippen molar-refractivity contribution in [3.05, 3.63) is 51.8 Å². The van der Waals surface area contributed by atoms with Gasteiger partial charge in [0, 0.05) is 11.6 Å². The lowest BCUT2D eigenvalue weighted by Gasteiger charge is -2.06. The highest BCUT2D eigenvalue weighted by Crippen LogP contribution is 2.29. The van der Waals surface area contributed by atoms with E-state index in [9.17, 15) is 4.79 Å². The van der Waals surface area contributed by atoms with Crippen LogP contribution in [0.15, 0.2) is 35.1 Å². The van der Waals surface area contributed by atoms with Crippen LogP contribution in [0.1, 0.15) is 17.5 Å². The molecule has 1 heterocycles. The van der Waals surface area contributed by atoms with Crippen molar-refractivity contribution in [2.75, 3.05) is 0 Å². The predicted molar refractivity (Wildman–Crippen MR) is 62.3 cm³/mol. The normalized spacial score (nSPS) is 13.8. The Morgan fingerprint density at radius 3 is 2.88 bits per heavy atom. The SMILES string of the molecule is O=c1cc2c(n[nH]1)-c1ccccc1CCC2. The van der Waals surface area contributed by atoms with Crippen LogP contribution in [-0.4, -0.2) is 10.2 Å². The Morgan fingerprint density at radius 1 is 1.12 bits per heavy atom. The second kappa shape index (κ2) is 3.59. The van der Waals surface area contributed by atoms with Crippen molar-refractivity contribution in [3.63, 3.8) is 0 Å². The highest BCUT2D eigenvalue weighted by Gasteiger charge is 2.15. The molecule has 3 rings (SSSR count). The monoisotopic (exact) mass is 212 g/mol. The summed E-state index contributed by atoms with van der Waals surface area (Å²) in [6.45, 7) is 0. The number of fused-ring (bicyclic) bond motifs is 3. The number of nitrogens with one attached hydrogen (secondary N) is 1. The van der Waals surface area contributed by atoms with E-state index in [1.807, 2.05) is 6.07 Å². The summed E-state index contributed by atoms with van der Waals surface area (Å²) in [5.74, 6) is 0. The molecule has 0 saturated carbocycles. The van der Waals surface area contributed by atoms with E-state index in [1.165, 1.54) is 5.56 Å². The Hall–Kier alpha value is -1.90. The fraction of sp³-hybridized carbons (Fsp3) is 0.231. The molecule has 3 heteroatoms. The Labute approximate surface area is 93.1 Å². The van der Waals surface area contributed by atoms with E-state index in [4.69, 9.17) is 0 Å². The van der Waals surface area contributed by atoms with Crippen molar-refractivity contribution in [1.82, 2.24) is 10.2 Å². The number of nitrogens with zero attached hydrogens (tertiary/aromatic N) is 1. The molecule has 80 valence electrons. The van der Waals surface area contributed by atoms with Crippen molar-refractivity contribution in [1.29, 1.82) is 0 Å². The van der Waals surface area contributed by atoms with Crippen molar-refractivity contribution in [2.45, 2.75) is 19.3 Å². The van der Waals surface area contributed by atoms with E-state index in [2.05, 4.69) is 28.4 Å². The summed E-state index contributed by atoms with van der Waals surface area (Å²) in [5.41, 5.74) is 4.37. The third kappa shape index (κ3) is 1.45. The molecule has 1 aromatic heterocycles. The van der Waals surface area contributed by atoms with Crippen LogP contribution in [0.5, 0.6) is 0 Å². The van der Waals surface area contributed by atoms with Crippen LogP contribution in [-0.2, 0) is 12.8 Å². The van der Waals surface area contributed by atoms with E-state index in [0.717, 1.165) is 36.1 Å². The van der Waals surface area contributed by atoms with Gasteiger partial charge in [0.15, 0.2) is 0 Å². The number of H-pyrrole nitrogens is 1. The molecule has 1 aliphatic carbocycles. The molecule has 0 unspecified atom stereocenters. The first kappa shape index (κ1) is 9.33. The molecule has 0 radical (unpaired) electrons. The first-order valence-electron chi connectivity index (χ1n) is 5.51. The molecule has 0 bridgehead atoms. The van der Waals surface area contributed by atoms with Gasteiger partial charge in [0.2, 0.25) is 0 Å². The van der Waals surface area contributed by atoms with E-state index >= 15 is 0 Å². The number of hydrogen-bond acceptors (Lipinski definition) is 2. The van der Waals surface area contributed by atoms with Gasteiger partial charge in [0.25, 0.3) is 5.56 Å². The van der Waals surface area contributed by atoms with Gasteiger partial charge in [0.1, 0.15) is 0 Å². The molecule has 3 nitrogen and oxygen atoms in total. The largest absolute Gasteiger partial charge is 0.268 e. The van der Waals surface area contributed by atoms with Crippen LogP contribution in [0, 0.1) is 0 Å². The highest BCUT2D eigenvalue weighted by atomic mass is 16.1. The van der Waals surface area contributed by atoms with Crippen molar-refractivity contribution in [3.8, 4) is 11.3 Å². The maximum atomic E-state index is 11.2. The van der Waals surface area contributed by atoms with Gasteiger partial charge in [-0.25, -0.2) is 5.10 Å². The fourth-order valence-electron chi connectivity index (χ4n) is 2.30. The zero-order valence-corrected chi connectivity index (χ0v) is 8.86. The zero-order chi connectivity index (χ0) is 11.0. The second-order valence-electron chi connectivity index (χ2n) is 4.12. The third-order valence-corrected chi connectivity index (χ3v) is 3.05. The molecule has 1 aliphatic rings. The third-order valence-electron chi connectivity index (χ3n) is 3.05. The summed E-state index contributed by atoms with van der Waals surface area (Å²) >= 11 is 0. The van der Waals surface area contributed by atoms with E-state index < -0.39 is 0 Å². The molecule has 0 fully saturated rings. The molecule has 16 heavy (non-hydrogen) atoms. The first-order valence-corrected chi connectivity index (χ1v) is 5.51. The molecule has 0 atom stereocenters. The Balaban J connectivity index is 2.29. The van der Waals surface area contributed by atoms with Gasteiger partial charge in [-0.2, -0.15) is 5.10 Å². The molecule has 2 aromatic rings. The van der Waals surface area contributed by atoms with Crippen LogP contribution in [0.25, 0.3) is 11.3 Å². The van der Waals surface area contributed by atoms with E-state index in [1.54, 1.807) is 6.07 Å². The highest BCUT2D eigenvalue weighted by molar-refractivity contribution is 5.67. The minimum atomic E-state index is -0.113. The number of benzene rings is 1. The van der Waals surface area contributed by atoms with Gasteiger partial charge in [-0.05, 0) is 30.4 Å². The molecule has 0 amide bonds. The predicted octanol–water partition coefficient (Wildman–Crippen LogP) is 1.93. The molecule has 0 spiro atoms. The van der Waals surface area contributed by atoms with E-state index in [0.29, 0.717) is 0 Å². The van der Waals surface area contributed by atoms with E-state index in [-0.39, 0.29) is 5.56 Å². The standard InChI is InChI=1S/C13H12N2O/c16-12-8-10-6-3-5-9-4-1-2-7-11(9)13(10)15-14-12/h1-2,4,7-8H,3,5-6H2,(H,14,16). The number of rotatable bonds is 0. The maximum Gasteiger partial charge on any atom is 0.264 e. The second-order valence-corrected chi connectivity index (χ2v) is 4.12. The summed E-state index contributed by atoms with van der Waals surface area (Å²) in [6.07, 6.45) is 3.07. The van der Waals surface area contributed by atoms with Crippen LogP contribution < -0.4 is 5.56 Å². The number of aryl methyl sites for hydroxylation is 2. The number of aromatic nitrogens is 2. The minimum absolute atomic E-state index is 0.113. The maximum absolute atomic E-state index is 11.2. The quantitative estimate of drug-likeness (QED) is 0.725. The number of aromatic amines is 1. The summed E-state index contributed by atoms with van der Waals surface area (Å²) in [5, 5.41) is 6.71. The van der Waals surface area contributed by atoms with Gasteiger partial charge in [-0.15, -0.1) is 0 Å². The van der Waals surface area contributed by atoms with Gasteiger partial charge in [-0.3, -0.25) is 4.79 Å². The van der Waals surface area contributed by atoms with Crippen molar-refractivity contribution >= 4 is 0 Å². The Bertz CT molecular complexity index is 586. The lowest BCUT2D eigenvalue weighted by Crippen LogP contribution is -2.09. The van der Waals surface area contributed by atoms with Crippen molar-refractivity contribution in [2.24, 2.45) is 0 Å². The van der Waals surface area contributed by atoms with Gasteiger partial charge >= 0.3 is 0 Å². The Morgan fingerprint density at radius 2 is 1.94 bits per heavy atom. The molecular formula is C13H12N2O. The summed E-state index contributed by atoms with van der Waals surface area (Å²) < 4.78 is 0. The molecule has 1 N–H and O–H groups in total. The van der Waals surface area contributed by atoms with Gasteiger partial charge in [0.05, 0.1) is 5.69 Å². The molecule has 0 saturated heterocycles. The van der Waals surface area contributed by atoms with Crippen LogP contribution in [0.4, 0.5) is 0 Å². The summed E-state index contributed by atoms with van der Waals surface area (Å²) in [6, 6.07) is 9.95. The van der Waals surface area contributed by atoms with Crippen LogP contribution in [0.2, 0.25) is 0 Å². The topological polar surface area (TPSA) is 45.8 Å². The Kier molecular flexibility index (Phi) is 2.10. The average Bonchev–Trinajstić information content (AvgIpc) is 2.47. The molecule has 1 aromatic carbocycles. The average molecular weight is 212 g/mol. The van der Waals surface area contributed by atoms with Crippen molar-refractivity contribution < 1.29 is 0 Å². The molecule has 0 aliphatic heterocycles. The fourth-order valence-corrected chi connectivity index (χ4v) is 2.30.